The molecule has 1 atom stereocenters. The van der Waals surface area contributed by atoms with E-state index in [4.69, 9.17) is 0 Å². The first-order valence-electron chi connectivity index (χ1n) is 5.95. The number of hydrogen-bond donors (Lipinski definition) is 1. The quantitative estimate of drug-likeness (QED) is 0.684. The molecule has 0 fully saturated rings. The van der Waals surface area contributed by atoms with Gasteiger partial charge >= 0.3 is 0 Å². The van der Waals surface area contributed by atoms with E-state index in [1.54, 1.807) is 11.0 Å². The van der Waals surface area contributed by atoms with Crippen LogP contribution in [0, 0.1) is 0 Å². The summed E-state index contributed by atoms with van der Waals surface area (Å²) >= 11 is 0. The van der Waals surface area contributed by atoms with E-state index in [2.05, 4.69) is 28.9 Å². The van der Waals surface area contributed by atoms with E-state index in [0.717, 1.165) is 25.2 Å². The summed E-state index contributed by atoms with van der Waals surface area (Å²) in [4.78, 5) is 4.20. The minimum atomic E-state index is 0.548. The number of rotatable bonds is 8. The highest BCUT2D eigenvalue weighted by atomic mass is 15.3. The standard InChI is InChI=1S/C12H22N4/c1-4-6-8-11(7-5-2)13-9-12-14-10-16(3)15-12/h4,10-11,13H,1,5-9H2,2-3H3. The molecule has 0 bridgehead atoms. The Bertz CT molecular complexity index is 306. The summed E-state index contributed by atoms with van der Waals surface area (Å²) < 4.78 is 1.73. The second-order valence-corrected chi connectivity index (χ2v) is 4.07. The second kappa shape index (κ2) is 7.17. The third-order valence-electron chi connectivity index (χ3n) is 2.55. The molecule has 0 aromatic carbocycles. The highest BCUT2D eigenvalue weighted by Gasteiger charge is 2.07. The maximum absolute atomic E-state index is 4.25. The minimum absolute atomic E-state index is 0.548. The Labute approximate surface area is 97.8 Å². The molecular weight excluding hydrogens is 200 g/mol. The summed E-state index contributed by atoms with van der Waals surface area (Å²) in [6.45, 7) is 6.72. The highest BCUT2D eigenvalue weighted by molar-refractivity contribution is 4.82. The lowest BCUT2D eigenvalue weighted by atomic mass is 10.1. The van der Waals surface area contributed by atoms with Crippen LogP contribution in [0.1, 0.15) is 38.4 Å². The monoisotopic (exact) mass is 222 g/mol. The van der Waals surface area contributed by atoms with Gasteiger partial charge in [0.2, 0.25) is 0 Å². The smallest absolute Gasteiger partial charge is 0.164 e. The van der Waals surface area contributed by atoms with Gasteiger partial charge < -0.3 is 5.32 Å². The lowest BCUT2D eigenvalue weighted by Crippen LogP contribution is -2.28. The van der Waals surface area contributed by atoms with Crippen LogP contribution in [-0.2, 0) is 13.6 Å². The van der Waals surface area contributed by atoms with Crippen molar-refractivity contribution >= 4 is 0 Å². The molecule has 0 aliphatic rings. The molecule has 16 heavy (non-hydrogen) atoms. The first-order chi connectivity index (χ1) is 7.76. The molecule has 1 N–H and O–H groups in total. The van der Waals surface area contributed by atoms with Crippen molar-refractivity contribution in [3.8, 4) is 0 Å². The normalized spacial score (nSPS) is 12.6. The van der Waals surface area contributed by atoms with Crippen molar-refractivity contribution in [2.45, 2.75) is 45.2 Å². The first kappa shape index (κ1) is 12.9. The number of nitrogens with one attached hydrogen (secondary N) is 1. The van der Waals surface area contributed by atoms with Gasteiger partial charge in [-0.1, -0.05) is 19.4 Å². The van der Waals surface area contributed by atoms with E-state index in [0.29, 0.717) is 6.04 Å². The molecule has 0 radical (unpaired) electrons. The molecule has 1 heterocycles. The van der Waals surface area contributed by atoms with Gasteiger partial charge in [0.05, 0.1) is 6.54 Å². The van der Waals surface area contributed by atoms with Gasteiger partial charge in [-0.25, -0.2) is 4.98 Å². The Morgan fingerprint density at radius 2 is 2.38 bits per heavy atom. The molecule has 4 nitrogen and oxygen atoms in total. The zero-order valence-corrected chi connectivity index (χ0v) is 10.3. The molecule has 1 unspecified atom stereocenters. The third kappa shape index (κ3) is 4.57. The van der Waals surface area contributed by atoms with E-state index < -0.39 is 0 Å². The summed E-state index contributed by atoms with van der Waals surface area (Å²) in [5.41, 5.74) is 0. The Hall–Kier alpha value is -1.16. The maximum atomic E-state index is 4.25. The fourth-order valence-electron chi connectivity index (χ4n) is 1.72. The van der Waals surface area contributed by atoms with Crippen molar-refractivity contribution in [2.24, 2.45) is 7.05 Å². The number of hydrogen-bond acceptors (Lipinski definition) is 3. The van der Waals surface area contributed by atoms with Crippen LogP contribution in [0.4, 0.5) is 0 Å². The Morgan fingerprint density at radius 1 is 1.56 bits per heavy atom. The molecule has 1 aromatic heterocycles. The van der Waals surface area contributed by atoms with Gasteiger partial charge in [0.15, 0.2) is 5.82 Å². The molecule has 0 saturated carbocycles. The topological polar surface area (TPSA) is 42.7 Å². The van der Waals surface area contributed by atoms with Crippen LogP contribution in [0.2, 0.25) is 0 Å². The van der Waals surface area contributed by atoms with Crippen LogP contribution >= 0.6 is 0 Å². The molecule has 0 spiro atoms. The minimum Gasteiger partial charge on any atom is -0.307 e. The summed E-state index contributed by atoms with van der Waals surface area (Å²) in [6.07, 6.45) is 8.31. The van der Waals surface area contributed by atoms with Gasteiger partial charge in [-0.2, -0.15) is 5.10 Å². The van der Waals surface area contributed by atoms with Crippen LogP contribution < -0.4 is 5.32 Å². The van der Waals surface area contributed by atoms with Crippen molar-refractivity contribution in [1.29, 1.82) is 0 Å². The first-order valence-corrected chi connectivity index (χ1v) is 5.95. The second-order valence-electron chi connectivity index (χ2n) is 4.07. The van der Waals surface area contributed by atoms with Gasteiger partial charge in [0, 0.05) is 13.1 Å². The SMILES string of the molecule is C=CCCC(CCC)NCc1ncn(C)n1. The summed E-state index contributed by atoms with van der Waals surface area (Å²) in [6, 6.07) is 0.548. The average Bonchev–Trinajstić information content (AvgIpc) is 2.68. The predicted molar refractivity (Wildman–Crippen MR) is 66.0 cm³/mol. The van der Waals surface area contributed by atoms with E-state index in [9.17, 15) is 0 Å². The van der Waals surface area contributed by atoms with Gasteiger partial charge in [-0.05, 0) is 19.3 Å². The summed E-state index contributed by atoms with van der Waals surface area (Å²) in [7, 11) is 1.89. The predicted octanol–water partition coefficient (Wildman–Crippen LogP) is 2.04. The number of allylic oxidation sites excluding steroid dienone is 1. The maximum Gasteiger partial charge on any atom is 0.164 e. The zero-order chi connectivity index (χ0) is 11.8. The number of aryl methyl sites for hydroxylation is 1. The molecule has 1 aromatic rings. The zero-order valence-electron chi connectivity index (χ0n) is 10.3. The fraction of sp³-hybridized carbons (Fsp3) is 0.667. The lowest BCUT2D eigenvalue weighted by Gasteiger charge is -2.16. The number of nitrogens with zero attached hydrogens (tertiary/aromatic N) is 3. The van der Waals surface area contributed by atoms with Crippen molar-refractivity contribution in [3.63, 3.8) is 0 Å². The van der Waals surface area contributed by atoms with Crippen molar-refractivity contribution in [2.75, 3.05) is 0 Å². The van der Waals surface area contributed by atoms with E-state index >= 15 is 0 Å². The average molecular weight is 222 g/mol. The molecule has 0 aliphatic heterocycles. The summed E-state index contributed by atoms with van der Waals surface area (Å²) in [5, 5.41) is 7.74. The third-order valence-corrected chi connectivity index (χ3v) is 2.55. The Morgan fingerprint density at radius 3 is 2.94 bits per heavy atom. The Balaban J connectivity index is 2.33. The van der Waals surface area contributed by atoms with Crippen LogP contribution in [0.3, 0.4) is 0 Å². The van der Waals surface area contributed by atoms with E-state index in [-0.39, 0.29) is 0 Å². The summed E-state index contributed by atoms with van der Waals surface area (Å²) in [5.74, 6) is 0.863. The number of aromatic nitrogens is 3. The molecule has 0 saturated heterocycles. The van der Waals surface area contributed by atoms with E-state index in [1.165, 1.54) is 12.8 Å². The van der Waals surface area contributed by atoms with Gasteiger partial charge in [-0.15, -0.1) is 6.58 Å². The van der Waals surface area contributed by atoms with Crippen LogP contribution in [0.25, 0.3) is 0 Å². The van der Waals surface area contributed by atoms with Crippen LogP contribution in [0.15, 0.2) is 19.0 Å². The largest absolute Gasteiger partial charge is 0.307 e. The lowest BCUT2D eigenvalue weighted by molar-refractivity contribution is 0.443. The van der Waals surface area contributed by atoms with Gasteiger partial charge in [0.25, 0.3) is 0 Å². The molecule has 4 heteroatoms. The van der Waals surface area contributed by atoms with Crippen LogP contribution in [-0.4, -0.2) is 20.8 Å². The van der Waals surface area contributed by atoms with Crippen LogP contribution in [0.5, 0.6) is 0 Å². The Kier molecular flexibility index (Phi) is 5.78. The van der Waals surface area contributed by atoms with Gasteiger partial charge in [-0.3, -0.25) is 4.68 Å². The molecule has 90 valence electrons. The van der Waals surface area contributed by atoms with Gasteiger partial charge in [0.1, 0.15) is 6.33 Å². The molecule has 0 aliphatic carbocycles. The van der Waals surface area contributed by atoms with Crippen molar-refractivity contribution in [1.82, 2.24) is 20.1 Å². The molecule has 0 amide bonds. The highest BCUT2D eigenvalue weighted by Crippen LogP contribution is 2.05. The van der Waals surface area contributed by atoms with Crippen molar-refractivity contribution < 1.29 is 0 Å². The molecule has 1 rings (SSSR count). The van der Waals surface area contributed by atoms with E-state index in [1.807, 2.05) is 13.1 Å². The fourth-order valence-corrected chi connectivity index (χ4v) is 1.72. The molecular formula is C12H22N4. The van der Waals surface area contributed by atoms with Crippen molar-refractivity contribution in [3.05, 3.63) is 24.8 Å².